The van der Waals surface area contributed by atoms with E-state index in [1.54, 1.807) is 18.5 Å². The molecule has 3 amide bonds. The summed E-state index contributed by atoms with van der Waals surface area (Å²) in [5, 5.41) is 12.7. The van der Waals surface area contributed by atoms with Crippen molar-refractivity contribution in [2.75, 3.05) is 55.6 Å². The molecule has 12 nitrogen and oxygen atoms in total. The van der Waals surface area contributed by atoms with Crippen molar-refractivity contribution in [1.29, 1.82) is 5.26 Å². The van der Waals surface area contributed by atoms with Gasteiger partial charge in [0.25, 0.3) is 0 Å². The molecule has 3 saturated heterocycles. The summed E-state index contributed by atoms with van der Waals surface area (Å²) in [5.41, 5.74) is 7.77. The Morgan fingerprint density at radius 2 is 1.76 bits per heavy atom. The van der Waals surface area contributed by atoms with Gasteiger partial charge in [0, 0.05) is 104 Å². The van der Waals surface area contributed by atoms with Crippen LogP contribution in [0.25, 0.3) is 10.9 Å². The van der Waals surface area contributed by atoms with E-state index in [2.05, 4.69) is 69.0 Å². The van der Waals surface area contributed by atoms with Gasteiger partial charge in [-0.3, -0.25) is 34.6 Å². The minimum Gasteiger partial charge on any atom is -0.371 e. The summed E-state index contributed by atoms with van der Waals surface area (Å²) in [6.07, 6.45) is 6.61. The van der Waals surface area contributed by atoms with Crippen LogP contribution in [0.4, 0.5) is 16.3 Å². The van der Waals surface area contributed by atoms with E-state index in [-0.39, 0.29) is 18.1 Å². The van der Waals surface area contributed by atoms with Gasteiger partial charge in [-0.2, -0.15) is 5.26 Å². The number of benzene rings is 2. The number of rotatable bonds is 6. The molecule has 4 aromatic rings. The van der Waals surface area contributed by atoms with Crippen molar-refractivity contribution in [3.05, 3.63) is 81.9 Å². The monoisotopic (exact) mass is 685 g/mol. The number of nitrogens with zero attached hydrogens (tertiary/aromatic N) is 7. The zero-order chi connectivity index (χ0) is 35.4. The third-order valence-corrected chi connectivity index (χ3v) is 11.4. The Bertz CT molecular complexity index is 2100. The highest BCUT2D eigenvalue weighted by atomic mass is 16.2. The molecule has 1 aliphatic carbocycles. The number of carbonyl (C=O) groups excluding carboxylic acids is 3. The molecular formula is C39H43N9O3. The van der Waals surface area contributed by atoms with Crippen LogP contribution in [0.3, 0.4) is 0 Å². The number of anilines is 2. The minimum absolute atomic E-state index is 0.0567. The third-order valence-electron chi connectivity index (χ3n) is 11.4. The Morgan fingerprint density at radius 3 is 2.49 bits per heavy atom. The van der Waals surface area contributed by atoms with E-state index in [4.69, 9.17) is 4.98 Å². The largest absolute Gasteiger partial charge is 0.371 e. The molecule has 12 heteroatoms. The molecule has 4 aliphatic rings. The van der Waals surface area contributed by atoms with Crippen molar-refractivity contribution >= 4 is 40.1 Å². The van der Waals surface area contributed by atoms with Crippen LogP contribution < -0.4 is 15.1 Å². The van der Waals surface area contributed by atoms with E-state index >= 15 is 0 Å². The average molecular weight is 686 g/mol. The summed E-state index contributed by atoms with van der Waals surface area (Å²) in [4.78, 5) is 59.5. The van der Waals surface area contributed by atoms with Crippen LogP contribution in [0.2, 0.25) is 0 Å². The number of hydrogen-bond acceptors (Lipinski definition) is 9. The van der Waals surface area contributed by atoms with Crippen molar-refractivity contribution in [1.82, 2.24) is 30.1 Å². The van der Waals surface area contributed by atoms with Crippen LogP contribution in [-0.4, -0.2) is 94.3 Å². The number of urea groups is 1. The zero-order valence-electron chi connectivity index (χ0n) is 29.5. The molecule has 8 rings (SSSR count). The summed E-state index contributed by atoms with van der Waals surface area (Å²) in [7, 11) is 0. The number of nitrogens with one attached hydrogen (secondary N) is 2. The van der Waals surface area contributed by atoms with Crippen molar-refractivity contribution < 1.29 is 14.4 Å². The van der Waals surface area contributed by atoms with Gasteiger partial charge in [0.05, 0.1) is 29.1 Å². The topological polar surface area (TPSA) is 142 Å². The van der Waals surface area contributed by atoms with Crippen molar-refractivity contribution in [3.63, 3.8) is 0 Å². The molecule has 0 radical (unpaired) electrons. The van der Waals surface area contributed by atoms with Gasteiger partial charge in [-0.25, -0.2) is 9.78 Å². The van der Waals surface area contributed by atoms with E-state index in [1.807, 2.05) is 12.1 Å². The third kappa shape index (κ3) is 5.84. The molecular weight excluding hydrogens is 642 g/mol. The van der Waals surface area contributed by atoms with Crippen molar-refractivity contribution in [3.8, 4) is 6.07 Å². The number of fused-ring (bicyclic) bond motifs is 4. The van der Waals surface area contributed by atoms with Gasteiger partial charge in [-0.05, 0) is 54.7 Å². The van der Waals surface area contributed by atoms with Crippen LogP contribution in [0.5, 0.6) is 0 Å². The molecule has 3 aliphatic heterocycles. The fraction of sp³-hybridized carbons (Fsp3) is 0.436. The number of H-pyrrole nitrogens is 1. The van der Waals surface area contributed by atoms with Gasteiger partial charge in [0.1, 0.15) is 0 Å². The highest BCUT2D eigenvalue weighted by Gasteiger charge is 2.41. The fourth-order valence-electron chi connectivity index (χ4n) is 8.53. The first kappa shape index (κ1) is 33.0. The molecule has 2 N–H and O–H groups in total. The first-order valence-electron chi connectivity index (χ1n) is 18.1. The molecule has 2 aromatic carbocycles. The smallest absolute Gasteiger partial charge is 0.329 e. The maximum Gasteiger partial charge on any atom is 0.329 e. The Balaban J connectivity index is 0.920. The van der Waals surface area contributed by atoms with Crippen LogP contribution in [0.15, 0.2) is 42.7 Å². The SMILES string of the molecule is CCc1cc2c(cc1N1CCC(N3CCN(Cc4cncc(N5CCC(=O)NC5=O)n4)CC3)CC1)C(C)(C)c1[nH]c3cc(C#N)ccc3c1C2=O. The van der Waals surface area contributed by atoms with E-state index in [0.717, 1.165) is 97.5 Å². The fourth-order valence-corrected chi connectivity index (χ4v) is 8.53. The molecule has 0 saturated carbocycles. The van der Waals surface area contributed by atoms with Crippen molar-refractivity contribution in [2.45, 2.75) is 64.5 Å². The van der Waals surface area contributed by atoms with Gasteiger partial charge >= 0.3 is 6.03 Å². The van der Waals surface area contributed by atoms with E-state index < -0.39 is 11.4 Å². The lowest BCUT2D eigenvalue weighted by Gasteiger charge is -2.44. The predicted molar refractivity (Wildman–Crippen MR) is 194 cm³/mol. The summed E-state index contributed by atoms with van der Waals surface area (Å²) in [6.45, 7) is 13.3. The summed E-state index contributed by atoms with van der Waals surface area (Å²) >= 11 is 0. The number of aryl methyl sites for hydroxylation is 1. The highest BCUT2D eigenvalue weighted by Crippen LogP contribution is 2.46. The lowest BCUT2D eigenvalue weighted by molar-refractivity contribution is -0.120. The Hall–Kier alpha value is -5.12. The van der Waals surface area contributed by atoms with E-state index in [0.29, 0.717) is 30.5 Å². The number of carbonyl (C=O) groups is 3. The molecule has 2 aromatic heterocycles. The average Bonchev–Trinajstić information content (AvgIpc) is 3.54. The molecule has 51 heavy (non-hydrogen) atoms. The number of piperidine rings is 1. The number of ketones is 1. The Morgan fingerprint density at radius 1 is 0.980 bits per heavy atom. The number of imide groups is 1. The number of nitriles is 1. The summed E-state index contributed by atoms with van der Waals surface area (Å²) in [5.74, 6) is 0.264. The number of piperazine rings is 1. The second-order valence-corrected chi connectivity index (χ2v) is 14.7. The molecule has 5 heterocycles. The first-order valence-corrected chi connectivity index (χ1v) is 18.1. The molecule has 262 valence electrons. The predicted octanol–water partition coefficient (Wildman–Crippen LogP) is 4.50. The molecule has 3 fully saturated rings. The van der Waals surface area contributed by atoms with Gasteiger partial charge in [-0.1, -0.05) is 26.8 Å². The molecule has 0 bridgehead atoms. The highest BCUT2D eigenvalue weighted by molar-refractivity contribution is 6.20. The summed E-state index contributed by atoms with van der Waals surface area (Å²) < 4.78 is 0. The van der Waals surface area contributed by atoms with Crippen LogP contribution in [0, 0.1) is 11.3 Å². The van der Waals surface area contributed by atoms with E-state index in [1.165, 1.54) is 16.2 Å². The zero-order valence-corrected chi connectivity index (χ0v) is 29.5. The normalized spacial score (nSPS) is 19.9. The lowest BCUT2D eigenvalue weighted by Crippen LogP contribution is -2.53. The maximum absolute atomic E-state index is 14.1. The summed E-state index contributed by atoms with van der Waals surface area (Å²) in [6, 6.07) is 12.3. The minimum atomic E-state index is -0.450. The van der Waals surface area contributed by atoms with Gasteiger partial charge < -0.3 is 9.88 Å². The van der Waals surface area contributed by atoms with Gasteiger partial charge in [0.2, 0.25) is 5.91 Å². The Labute approximate surface area is 297 Å². The Kier molecular flexibility index (Phi) is 8.35. The molecule has 0 atom stereocenters. The first-order chi connectivity index (χ1) is 24.6. The maximum atomic E-state index is 14.1. The van der Waals surface area contributed by atoms with Crippen LogP contribution >= 0.6 is 0 Å². The van der Waals surface area contributed by atoms with E-state index in [9.17, 15) is 19.6 Å². The second-order valence-electron chi connectivity index (χ2n) is 14.7. The van der Waals surface area contributed by atoms with Gasteiger partial charge in [-0.15, -0.1) is 0 Å². The van der Waals surface area contributed by atoms with Crippen LogP contribution in [0.1, 0.15) is 84.0 Å². The number of aromatic amines is 1. The quantitative estimate of drug-likeness (QED) is 0.300. The van der Waals surface area contributed by atoms with Crippen molar-refractivity contribution in [2.24, 2.45) is 0 Å². The number of aromatic nitrogens is 3. The number of hydrogen-bond donors (Lipinski definition) is 2. The lowest BCUT2D eigenvalue weighted by atomic mass is 9.70. The second kappa shape index (κ2) is 12.9. The van der Waals surface area contributed by atoms with Gasteiger partial charge in [0.15, 0.2) is 11.6 Å². The number of amides is 3. The molecule has 0 spiro atoms. The standard InChI is InChI=1S/C39H43N9O3/c1-4-25-18-29-30(39(2,3)37-35(36(29)50)28-6-5-24(20-40)17-31(28)43-37)19-32(25)47-10-7-27(8-11-47)46-15-13-45(14-16-46)23-26-21-41-22-33(42-26)48-12-9-34(49)44-38(48)51/h5-6,17-19,21-22,27,43H,4,7-16,23H2,1-3H3,(H,44,49,51). The molecule has 0 unspecified atom stereocenters. The van der Waals surface area contributed by atoms with Crippen LogP contribution in [-0.2, 0) is 23.2 Å².